The van der Waals surface area contributed by atoms with Crippen LogP contribution in [0, 0.1) is 13.8 Å². The second kappa shape index (κ2) is 6.11. The van der Waals surface area contributed by atoms with Crippen LogP contribution in [0.5, 0.6) is 0 Å². The van der Waals surface area contributed by atoms with Crippen molar-refractivity contribution in [2.45, 2.75) is 31.6 Å². The number of rotatable bonds is 5. The minimum Gasteiger partial charge on any atom is -0.399 e. The number of nitrogens with two attached hydrogens (primary N) is 1. The van der Waals surface area contributed by atoms with Crippen LogP contribution in [0.15, 0.2) is 17.0 Å². The molecule has 6 heteroatoms. The molecule has 0 aromatic heterocycles. The standard InChI is InChI=1S/C14H23N3O2S/c1-11-9-13(15)10-12(2)14(11)20(18,19)16-5-8-17-6-3-4-7-17/h9-10,16H,3-8,15H2,1-2H3. The van der Waals surface area contributed by atoms with Gasteiger partial charge in [-0.2, -0.15) is 0 Å². The molecular weight excluding hydrogens is 274 g/mol. The lowest BCUT2D eigenvalue weighted by Crippen LogP contribution is -2.34. The van der Waals surface area contributed by atoms with E-state index in [-0.39, 0.29) is 0 Å². The van der Waals surface area contributed by atoms with Crippen LogP contribution in [0.3, 0.4) is 0 Å². The summed E-state index contributed by atoms with van der Waals surface area (Å²) in [4.78, 5) is 2.64. The molecule has 1 saturated heterocycles. The molecule has 0 saturated carbocycles. The first-order valence-corrected chi connectivity index (χ1v) is 8.47. The van der Waals surface area contributed by atoms with E-state index in [1.807, 2.05) is 0 Å². The Morgan fingerprint density at radius 1 is 1.20 bits per heavy atom. The average molecular weight is 297 g/mol. The molecule has 112 valence electrons. The molecule has 1 aliphatic rings. The summed E-state index contributed by atoms with van der Waals surface area (Å²) < 4.78 is 27.5. The van der Waals surface area contributed by atoms with Crippen molar-refractivity contribution in [2.75, 3.05) is 31.9 Å². The number of benzene rings is 1. The van der Waals surface area contributed by atoms with Crippen molar-refractivity contribution in [3.63, 3.8) is 0 Å². The summed E-state index contributed by atoms with van der Waals surface area (Å²) in [6.07, 6.45) is 2.42. The van der Waals surface area contributed by atoms with Crippen molar-refractivity contribution in [1.82, 2.24) is 9.62 Å². The summed E-state index contributed by atoms with van der Waals surface area (Å²) in [6.45, 7) is 6.91. The third-order valence-corrected chi connectivity index (χ3v) is 5.44. The second-order valence-electron chi connectivity index (χ2n) is 5.43. The summed E-state index contributed by atoms with van der Waals surface area (Å²) in [5.74, 6) is 0. The highest BCUT2D eigenvalue weighted by Crippen LogP contribution is 2.22. The molecule has 3 N–H and O–H groups in total. The monoisotopic (exact) mass is 297 g/mol. The van der Waals surface area contributed by atoms with Crippen molar-refractivity contribution in [2.24, 2.45) is 0 Å². The van der Waals surface area contributed by atoms with Gasteiger partial charge in [-0.1, -0.05) is 0 Å². The summed E-state index contributed by atoms with van der Waals surface area (Å²) in [7, 11) is -3.46. The average Bonchev–Trinajstić information content (AvgIpc) is 2.79. The number of nitrogen functional groups attached to an aromatic ring is 1. The summed E-state index contributed by atoms with van der Waals surface area (Å²) in [6, 6.07) is 3.39. The molecule has 0 radical (unpaired) electrons. The molecule has 0 aliphatic carbocycles. The Morgan fingerprint density at radius 2 is 1.75 bits per heavy atom. The minimum atomic E-state index is -3.46. The third-order valence-electron chi connectivity index (χ3n) is 3.67. The van der Waals surface area contributed by atoms with Gasteiger partial charge in [0.1, 0.15) is 0 Å². The maximum absolute atomic E-state index is 12.4. The van der Waals surface area contributed by atoms with Gasteiger partial charge in [0.15, 0.2) is 0 Å². The quantitative estimate of drug-likeness (QED) is 0.802. The normalized spacial score (nSPS) is 16.7. The Hall–Kier alpha value is -1.11. The van der Waals surface area contributed by atoms with Crippen LogP contribution in [0.2, 0.25) is 0 Å². The molecule has 5 nitrogen and oxygen atoms in total. The molecule has 1 aromatic carbocycles. The molecule has 0 unspecified atom stereocenters. The molecule has 2 rings (SSSR count). The fourth-order valence-corrected chi connectivity index (χ4v) is 4.29. The molecule has 0 atom stereocenters. The van der Waals surface area contributed by atoms with Crippen LogP contribution < -0.4 is 10.5 Å². The van der Waals surface area contributed by atoms with E-state index in [1.54, 1.807) is 26.0 Å². The van der Waals surface area contributed by atoms with Gasteiger partial charge in [0.2, 0.25) is 10.0 Å². The van der Waals surface area contributed by atoms with Gasteiger partial charge in [0.25, 0.3) is 0 Å². The van der Waals surface area contributed by atoms with Crippen molar-refractivity contribution in [3.05, 3.63) is 23.3 Å². The van der Waals surface area contributed by atoms with Gasteiger partial charge in [-0.3, -0.25) is 0 Å². The van der Waals surface area contributed by atoms with E-state index in [2.05, 4.69) is 9.62 Å². The molecule has 1 fully saturated rings. The predicted octanol–water partition coefficient (Wildman–Crippen LogP) is 1.26. The molecule has 1 aromatic rings. The van der Waals surface area contributed by atoms with Crippen LogP contribution in [-0.4, -0.2) is 39.5 Å². The summed E-state index contributed by atoms with van der Waals surface area (Å²) >= 11 is 0. The molecule has 0 amide bonds. The third kappa shape index (κ3) is 3.50. The number of aryl methyl sites for hydroxylation is 2. The number of sulfonamides is 1. The molecule has 20 heavy (non-hydrogen) atoms. The van der Waals surface area contributed by atoms with Crippen LogP contribution in [-0.2, 0) is 10.0 Å². The van der Waals surface area contributed by atoms with E-state index in [4.69, 9.17) is 5.73 Å². The van der Waals surface area contributed by atoms with Gasteiger partial charge in [-0.25, -0.2) is 13.1 Å². The van der Waals surface area contributed by atoms with Crippen LogP contribution in [0.4, 0.5) is 5.69 Å². The zero-order chi connectivity index (χ0) is 14.8. The van der Waals surface area contributed by atoms with Crippen LogP contribution >= 0.6 is 0 Å². The van der Waals surface area contributed by atoms with Crippen LogP contribution in [0.1, 0.15) is 24.0 Å². The lowest BCUT2D eigenvalue weighted by molar-refractivity contribution is 0.344. The second-order valence-corrected chi connectivity index (χ2v) is 7.13. The number of nitrogens with zero attached hydrogens (tertiary/aromatic N) is 1. The van der Waals surface area contributed by atoms with Crippen molar-refractivity contribution in [3.8, 4) is 0 Å². The van der Waals surface area contributed by atoms with Gasteiger partial charge < -0.3 is 10.6 Å². The maximum Gasteiger partial charge on any atom is 0.241 e. The Labute approximate surface area is 121 Å². The highest BCUT2D eigenvalue weighted by molar-refractivity contribution is 7.89. The zero-order valence-electron chi connectivity index (χ0n) is 12.1. The topological polar surface area (TPSA) is 75.4 Å². The molecule has 0 bridgehead atoms. The van der Waals surface area contributed by atoms with Crippen molar-refractivity contribution >= 4 is 15.7 Å². The smallest absolute Gasteiger partial charge is 0.241 e. The van der Waals surface area contributed by atoms with Gasteiger partial charge >= 0.3 is 0 Å². The van der Waals surface area contributed by atoms with E-state index in [0.717, 1.165) is 19.6 Å². The van der Waals surface area contributed by atoms with Gasteiger partial charge in [-0.15, -0.1) is 0 Å². The van der Waals surface area contributed by atoms with Gasteiger partial charge in [0.05, 0.1) is 4.90 Å². The molecule has 0 spiro atoms. The van der Waals surface area contributed by atoms with Crippen molar-refractivity contribution < 1.29 is 8.42 Å². The number of anilines is 1. The van der Waals surface area contributed by atoms with Gasteiger partial charge in [0, 0.05) is 18.8 Å². The fraction of sp³-hybridized carbons (Fsp3) is 0.571. The predicted molar refractivity (Wildman–Crippen MR) is 81.2 cm³/mol. The Kier molecular flexibility index (Phi) is 4.67. The molecular formula is C14H23N3O2S. The fourth-order valence-electron chi connectivity index (χ4n) is 2.82. The lowest BCUT2D eigenvalue weighted by Gasteiger charge is -2.16. The Morgan fingerprint density at radius 3 is 2.30 bits per heavy atom. The maximum atomic E-state index is 12.4. The highest BCUT2D eigenvalue weighted by atomic mass is 32.2. The Bertz CT molecular complexity index is 555. The lowest BCUT2D eigenvalue weighted by atomic mass is 10.1. The van der Waals surface area contributed by atoms with E-state index in [1.165, 1.54) is 12.8 Å². The first-order chi connectivity index (χ1) is 9.40. The first-order valence-electron chi connectivity index (χ1n) is 6.99. The minimum absolute atomic E-state index is 0.355. The van der Waals surface area contributed by atoms with Gasteiger partial charge in [-0.05, 0) is 63.0 Å². The van der Waals surface area contributed by atoms with Crippen molar-refractivity contribution in [1.29, 1.82) is 0 Å². The number of nitrogens with one attached hydrogen (secondary N) is 1. The molecule has 1 aliphatic heterocycles. The summed E-state index contributed by atoms with van der Waals surface area (Å²) in [5, 5.41) is 0. The van der Waals surface area contributed by atoms with E-state index in [0.29, 0.717) is 28.3 Å². The zero-order valence-corrected chi connectivity index (χ0v) is 13.0. The first kappa shape index (κ1) is 15.3. The summed E-state index contributed by atoms with van der Waals surface area (Å²) in [5.41, 5.74) is 7.71. The van der Waals surface area contributed by atoms with E-state index >= 15 is 0 Å². The SMILES string of the molecule is Cc1cc(N)cc(C)c1S(=O)(=O)NCCN1CCCC1. The molecule has 1 heterocycles. The number of hydrogen-bond donors (Lipinski definition) is 2. The van der Waals surface area contributed by atoms with E-state index < -0.39 is 10.0 Å². The Balaban J connectivity index is 2.06. The number of hydrogen-bond acceptors (Lipinski definition) is 4. The highest BCUT2D eigenvalue weighted by Gasteiger charge is 2.20. The van der Waals surface area contributed by atoms with Crippen LogP contribution in [0.25, 0.3) is 0 Å². The largest absolute Gasteiger partial charge is 0.399 e. The number of likely N-dealkylation sites (tertiary alicyclic amines) is 1. The van der Waals surface area contributed by atoms with E-state index in [9.17, 15) is 8.42 Å².